The lowest BCUT2D eigenvalue weighted by atomic mass is 9.93. The fourth-order valence-electron chi connectivity index (χ4n) is 1.36. The largest absolute Gasteiger partial charge is 0.256 e. The fraction of sp³-hybridized carbons (Fsp3) is 0.357. The van der Waals surface area contributed by atoms with Gasteiger partial charge in [-0.25, -0.2) is 0 Å². The molecule has 1 aromatic rings. The molecule has 1 heteroatoms. The number of aromatic nitrogens is 1. The van der Waals surface area contributed by atoms with Crippen LogP contribution in [0.25, 0.3) is 12.2 Å². The van der Waals surface area contributed by atoms with E-state index < -0.39 is 0 Å². The van der Waals surface area contributed by atoms with Crippen LogP contribution in [0.15, 0.2) is 30.5 Å². The van der Waals surface area contributed by atoms with Gasteiger partial charge in [0.2, 0.25) is 0 Å². The summed E-state index contributed by atoms with van der Waals surface area (Å²) in [6.07, 6.45) is 10.5. The molecular weight excluding hydrogens is 182 g/mol. The molecule has 1 nitrogen and oxygen atoms in total. The van der Waals surface area contributed by atoms with Gasteiger partial charge in [-0.05, 0) is 17.7 Å². The number of allylic oxidation sites excluding steroid dienone is 2. The average molecular weight is 201 g/mol. The second-order valence-electron chi connectivity index (χ2n) is 3.97. The van der Waals surface area contributed by atoms with Crippen LogP contribution < -0.4 is 0 Å². The highest BCUT2D eigenvalue weighted by atomic mass is 14.7. The van der Waals surface area contributed by atoms with Crippen LogP contribution in [0.4, 0.5) is 0 Å². The third-order valence-corrected chi connectivity index (χ3v) is 2.23. The van der Waals surface area contributed by atoms with Crippen molar-refractivity contribution in [3.05, 3.63) is 41.7 Å². The van der Waals surface area contributed by atoms with Crippen LogP contribution in [-0.4, -0.2) is 4.98 Å². The number of pyridine rings is 1. The molecular formula is C14H19N. The van der Waals surface area contributed by atoms with E-state index in [1.165, 1.54) is 5.56 Å². The van der Waals surface area contributed by atoms with Gasteiger partial charge in [0.25, 0.3) is 0 Å². The minimum absolute atomic E-state index is 0.140. The molecule has 0 N–H and O–H groups in total. The fourth-order valence-corrected chi connectivity index (χ4v) is 1.36. The van der Waals surface area contributed by atoms with Crippen LogP contribution >= 0.6 is 0 Å². The SMILES string of the molecule is CC.CC1(C)C=Cc2cccnc2C=C1. The molecule has 0 aliphatic heterocycles. The Bertz CT molecular complexity index is 338. The molecule has 0 unspecified atom stereocenters. The maximum atomic E-state index is 4.31. The lowest BCUT2D eigenvalue weighted by Crippen LogP contribution is -1.99. The molecule has 0 radical (unpaired) electrons. The van der Waals surface area contributed by atoms with Gasteiger partial charge in [-0.2, -0.15) is 0 Å². The summed E-state index contributed by atoms with van der Waals surface area (Å²) in [5.74, 6) is 0. The summed E-state index contributed by atoms with van der Waals surface area (Å²) in [7, 11) is 0. The van der Waals surface area contributed by atoms with Crippen molar-refractivity contribution < 1.29 is 0 Å². The van der Waals surface area contributed by atoms with E-state index in [2.05, 4.69) is 49.2 Å². The van der Waals surface area contributed by atoms with Gasteiger partial charge in [0, 0.05) is 11.6 Å². The van der Waals surface area contributed by atoms with Crippen molar-refractivity contribution in [1.82, 2.24) is 4.98 Å². The number of rotatable bonds is 0. The van der Waals surface area contributed by atoms with Gasteiger partial charge in [-0.15, -0.1) is 0 Å². The Hall–Kier alpha value is -1.37. The van der Waals surface area contributed by atoms with E-state index in [-0.39, 0.29) is 5.41 Å². The van der Waals surface area contributed by atoms with Crippen molar-refractivity contribution in [1.29, 1.82) is 0 Å². The average Bonchev–Trinajstić information content (AvgIpc) is 2.42. The van der Waals surface area contributed by atoms with Crippen molar-refractivity contribution in [3.8, 4) is 0 Å². The summed E-state index contributed by atoms with van der Waals surface area (Å²) in [4.78, 5) is 4.31. The standard InChI is InChI=1S/C12H13N.C2H6/c1-12(2)7-5-10-4-3-9-13-11(10)6-8-12;1-2/h3-9H,1-2H3;1-2H3. The first kappa shape index (κ1) is 11.7. The first-order valence-corrected chi connectivity index (χ1v) is 5.51. The molecule has 2 rings (SSSR count). The highest BCUT2D eigenvalue weighted by molar-refractivity contribution is 5.65. The molecule has 1 aromatic heterocycles. The van der Waals surface area contributed by atoms with Crippen molar-refractivity contribution in [2.75, 3.05) is 0 Å². The quantitative estimate of drug-likeness (QED) is 0.613. The maximum Gasteiger partial charge on any atom is 0.0698 e. The third kappa shape index (κ3) is 3.05. The first-order valence-electron chi connectivity index (χ1n) is 5.51. The highest BCUT2D eigenvalue weighted by Gasteiger charge is 2.12. The van der Waals surface area contributed by atoms with Gasteiger partial charge in [-0.3, -0.25) is 4.98 Å². The zero-order chi connectivity index (χ0) is 11.3. The molecule has 0 fully saturated rings. The van der Waals surface area contributed by atoms with Gasteiger partial charge >= 0.3 is 0 Å². The predicted molar refractivity (Wildman–Crippen MR) is 67.4 cm³/mol. The van der Waals surface area contributed by atoms with E-state index >= 15 is 0 Å². The Balaban J connectivity index is 0.000000531. The van der Waals surface area contributed by atoms with Crippen molar-refractivity contribution in [3.63, 3.8) is 0 Å². The normalized spacial score (nSPS) is 16.0. The molecule has 0 bridgehead atoms. The molecule has 0 spiro atoms. The van der Waals surface area contributed by atoms with Crippen LogP contribution in [0.5, 0.6) is 0 Å². The molecule has 1 heterocycles. The summed E-state index contributed by atoms with van der Waals surface area (Å²) in [5, 5.41) is 0. The molecule has 80 valence electrons. The minimum atomic E-state index is 0.140. The van der Waals surface area contributed by atoms with E-state index in [4.69, 9.17) is 0 Å². The van der Waals surface area contributed by atoms with Gasteiger partial charge in [0.1, 0.15) is 0 Å². The second kappa shape index (κ2) is 4.92. The minimum Gasteiger partial charge on any atom is -0.256 e. The number of fused-ring (bicyclic) bond motifs is 1. The lowest BCUT2D eigenvalue weighted by Gasteiger charge is -2.11. The van der Waals surface area contributed by atoms with Crippen LogP contribution in [0.1, 0.15) is 39.0 Å². The topological polar surface area (TPSA) is 12.9 Å². The number of hydrogen-bond acceptors (Lipinski definition) is 1. The van der Waals surface area contributed by atoms with Crippen molar-refractivity contribution in [2.24, 2.45) is 5.41 Å². The van der Waals surface area contributed by atoms with E-state index in [0.29, 0.717) is 0 Å². The van der Waals surface area contributed by atoms with Crippen LogP contribution in [-0.2, 0) is 0 Å². The van der Waals surface area contributed by atoms with E-state index in [0.717, 1.165) is 5.69 Å². The molecule has 0 aromatic carbocycles. The molecule has 0 amide bonds. The van der Waals surface area contributed by atoms with Crippen LogP contribution in [0.3, 0.4) is 0 Å². The molecule has 0 atom stereocenters. The Morgan fingerprint density at radius 2 is 1.73 bits per heavy atom. The Labute approximate surface area is 92.6 Å². The van der Waals surface area contributed by atoms with Crippen LogP contribution in [0.2, 0.25) is 0 Å². The number of nitrogens with zero attached hydrogens (tertiary/aromatic N) is 1. The summed E-state index contributed by atoms with van der Waals surface area (Å²) in [5.41, 5.74) is 2.40. The molecule has 15 heavy (non-hydrogen) atoms. The zero-order valence-corrected chi connectivity index (χ0v) is 9.99. The smallest absolute Gasteiger partial charge is 0.0698 e. The van der Waals surface area contributed by atoms with Crippen molar-refractivity contribution >= 4 is 12.2 Å². The third-order valence-electron chi connectivity index (χ3n) is 2.23. The van der Waals surface area contributed by atoms with E-state index in [1.807, 2.05) is 26.1 Å². The summed E-state index contributed by atoms with van der Waals surface area (Å²) in [6, 6.07) is 4.06. The molecule has 1 aliphatic carbocycles. The molecule has 0 saturated heterocycles. The lowest BCUT2D eigenvalue weighted by molar-refractivity contribution is 0.633. The Morgan fingerprint density at radius 3 is 2.47 bits per heavy atom. The second-order valence-corrected chi connectivity index (χ2v) is 3.97. The van der Waals surface area contributed by atoms with E-state index in [9.17, 15) is 0 Å². The van der Waals surface area contributed by atoms with Gasteiger partial charge in [-0.1, -0.05) is 52.0 Å². The highest BCUT2D eigenvalue weighted by Crippen LogP contribution is 2.26. The van der Waals surface area contributed by atoms with Gasteiger partial charge in [0.15, 0.2) is 0 Å². The summed E-state index contributed by atoms with van der Waals surface area (Å²) in [6.45, 7) is 8.37. The first-order chi connectivity index (χ1) is 7.17. The summed E-state index contributed by atoms with van der Waals surface area (Å²) >= 11 is 0. The van der Waals surface area contributed by atoms with Crippen molar-refractivity contribution in [2.45, 2.75) is 27.7 Å². The van der Waals surface area contributed by atoms with Gasteiger partial charge in [0.05, 0.1) is 5.69 Å². The monoisotopic (exact) mass is 201 g/mol. The molecule has 1 aliphatic rings. The number of hydrogen-bond donors (Lipinski definition) is 0. The zero-order valence-electron chi connectivity index (χ0n) is 9.99. The van der Waals surface area contributed by atoms with Crippen LogP contribution in [0, 0.1) is 5.41 Å². The Morgan fingerprint density at radius 1 is 1.07 bits per heavy atom. The molecule has 0 saturated carbocycles. The predicted octanol–water partition coefficient (Wildman–Crippen LogP) is 4.17. The Kier molecular flexibility index (Phi) is 3.84. The summed E-state index contributed by atoms with van der Waals surface area (Å²) < 4.78 is 0. The maximum absolute atomic E-state index is 4.31. The van der Waals surface area contributed by atoms with Gasteiger partial charge < -0.3 is 0 Å². The van der Waals surface area contributed by atoms with E-state index in [1.54, 1.807) is 0 Å².